The van der Waals surface area contributed by atoms with E-state index < -0.39 is 10.2 Å². The molecule has 116 valence electrons. The number of nitrogens with zero attached hydrogens (tertiary/aromatic N) is 1. The van der Waals surface area contributed by atoms with Gasteiger partial charge in [0.1, 0.15) is 0 Å². The van der Waals surface area contributed by atoms with Crippen molar-refractivity contribution >= 4 is 10.2 Å². The van der Waals surface area contributed by atoms with Crippen molar-refractivity contribution in [3.8, 4) is 0 Å². The van der Waals surface area contributed by atoms with Crippen molar-refractivity contribution in [2.24, 2.45) is 5.92 Å². The zero-order chi connectivity index (χ0) is 14.9. The summed E-state index contributed by atoms with van der Waals surface area (Å²) in [6, 6.07) is 10.1. The molecule has 2 N–H and O–H groups in total. The van der Waals surface area contributed by atoms with E-state index in [2.05, 4.69) is 4.72 Å². The van der Waals surface area contributed by atoms with Crippen molar-refractivity contribution in [3.63, 3.8) is 0 Å². The van der Waals surface area contributed by atoms with Gasteiger partial charge in [-0.15, -0.1) is 0 Å². The summed E-state index contributed by atoms with van der Waals surface area (Å²) in [5, 5.41) is 9.11. The van der Waals surface area contributed by atoms with Gasteiger partial charge in [0, 0.05) is 31.7 Å². The molecule has 21 heavy (non-hydrogen) atoms. The average Bonchev–Trinajstić information content (AvgIpc) is 3.26. The fraction of sp³-hybridized carbons (Fsp3) is 0.600. The first-order valence-corrected chi connectivity index (χ1v) is 8.97. The fourth-order valence-electron chi connectivity index (χ4n) is 2.99. The molecule has 1 aromatic carbocycles. The maximum Gasteiger partial charge on any atom is 0.279 e. The van der Waals surface area contributed by atoms with Crippen LogP contribution in [0.15, 0.2) is 30.3 Å². The van der Waals surface area contributed by atoms with E-state index >= 15 is 0 Å². The van der Waals surface area contributed by atoms with Gasteiger partial charge in [0.05, 0.1) is 0 Å². The van der Waals surface area contributed by atoms with Gasteiger partial charge in [-0.05, 0) is 30.7 Å². The molecule has 2 unspecified atom stereocenters. The molecule has 1 aliphatic carbocycles. The van der Waals surface area contributed by atoms with E-state index in [9.17, 15) is 8.42 Å². The van der Waals surface area contributed by atoms with Crippen LogP contribution < -0.4 is 4.72 Å². The van der Waals surface area contributed by atoms with Crippen molar-refractivity contribution in [2.75, 3.05) is 19.7 Å². The summed E-state index contributed by atoms with van der Waals surface area (Å²) in [5.41, 5.74) is 1.20. The first kappa shape index (κ1) is 15.0. The van der Waals surface area contributed by atoms with Crippen molar-refractivity contribution in [1.82, 2.24) is 9.03 Å². The first-order chi connectivity index (χ1) is 10.1. The molecule has 2 aliphatic rings. The number of hydrogen-bond donors (Lipinski definition) is 2. The molecule has 0 bridgehead atoms. The monoisotopic (exact) mass is 310 g/mol. The quantitative estimate of drug-likeness (QED) is 0.855. The minimum atomic E-state index is -3.39. The van der Waals surface area contributed by atoms with Gasteiger partial charge >= 0.3 is 0 Å². The highest BCUT2D eigenvalue weighted by Gasteiger charge is 2.42. The fourth-order valence-corrected chi connectivity index (χ4v) is 4.48. The summed E-state index contributed by atoms with van der Waals surface area (Å²) >= 11 is 0. The maximum absolute atomic E-state index is 12.4. The van der Waals surface area contributed by atoms with E-state index in [1.54, 1.807) is 0 Å². The standard InChI is InChI=1S/C15H22N2O3S/c18-11-12-6-8-17(9-7-12)21(19,20)16-15-10-14(15)13-4-2-1-3-5-13/h1-5,12,14-16,18H,6-11H2. The summed E-state index contributed by atoms with van der Waals surface area (Å²) in [7, 11) is -3.39. The second-order valence-corrected chi connectivity index (χ2v) is 7.71. The molecule has 0 spiro atoms. The Hall–Kier alpha value is -0.950. The Balaban J connectivity index is 1.56. The van der Waals surface area contributed by atoms with Gasteiger partial charge in [-0.2, -0.15) is 17.4 Å². The van der Waals surface area contributed by atoms with Crippen LogP contribution in [0.1, 0.15) is 30.7 Å². The summed E-state index contributed by atoms with van der Waals surface area (Å²) in [5.74, 6) is 0.547. The predicted octanol–water partition coefficient (Wildman–Crippen LogP) is 1.08. The molecule has 3 rings (SSSR count). The summed E-state index contributed by atoms with van der Waals surface area (Å²) in [6.45, 7) is 1.16. The van der Waals surface area contributed by atoms with Gasteiger partial charge in [-0.1, -0.05) is 30.3 Å². The molecule has 1 heterocycles. The largest absolute Gasteiger partial charge is 0.396 e. The second-order valence-electron chi connectivity index (χ2n) is 6.01. The van der Waals surface area contributed by atoms with Gasteiger partial charge in [0.25, 0.3) is 10.2 Å². The molecule has 2 atom stereocenters. The summed E-state index contributed by atoms with van der Waals surface area (Å²) in [6.07, 6.45) is 2.35. The van der Waals surface area contributed by atoms with Crippen LogP contribution in [0.5, 0.6) is 0 Å². The van der Waals surface area contributed by atoms with Crippen LogP contribution in [-0.2, 0) is 10.2 Å². The first-order valence-electron chi connectivity index (χ1n) is 7.53. The normalized spacial score (nSPS) is 27.7. The zero-order valence-electron chi connectivity index (χ0n) is 12.0. The van der Waals surface area contributed by atoms with Crippen molar-refractivity contribution < 1.29 is 13.5 Å². The third-order valence-electron chi connectivity index (χ3n) is 4.49. The molecular formula is C15H22N2O3S. The molecule has 1 saturated carbocycles. The maximum atomic E-state index is 12.4. The van der Waals surface area contributed by atoms with Crippen LogP contribution in [0.25, 0.3) is 0 Å². The highest BCUT2D eigenvalue weighted by Crippen LogP contribution is 2.41. The summed E-state index contributed by atoms with van der Waals surface area (Å²) < 4.78 is 29.1. The number of aliphatic hydroxyl groups is 1. The van der Waals surface area contributed by atoms with E-state index in [-0.39, 0.29) is 18.6 Å². The number of hydrogen-bond acceptors (Lipinski definition) is 3. The van der Waals surface area contributed by atoms with E-state index in [1.807, 2.05) is 30.3 Å². The highest BCUT2D eigenvalue weighted by molar-refractivity contribution is 7.87. The van der Waals surface area contributed by atoms with E-state index in [0.717, 1.165) is 19.3 Å². The minimum Gasteiger partial charge on any atom is -0.396 e. The Morgan fingerprint density at radius 2 is 1.86 bits per heavy atom. The molecule has 0 aromatic heterocycles. The zero-order valence-corrected chi connectivity index (χ0v) is 12.8. The molecule has 5 nitrogen and oxygen atoms in total. The van der Waals surface area contributed by atoms with Crippen molar-refractivity contribution in [3.05, 3.63) is 35.9 Å². The van der Waals surface area contributed by atoms with Crippen LogP contribution >= 0.6 is 0 Å². The lowest BCUT2D eigenvalue weighted by atomic mass is 10.00. The second kappa shape index (κ2) is 6.04. The Morgan fingerprint density at radius 3 is 2.48 bits per heavy atom. The topological polar surface area (TPSA) is 69.6 Å². The van der Waals surface area contributed by atoms with Crippen LogP contribution in [0, 0.1) is 5.92 Å². The molecular weight excluding hydrogens is 288 g/mol. The molecule has 0 radical (unpaired) electrons. The molecule has 1 aliphatic heterocycles. The van der Waals surface area contributed by atoms with Crippen LogP contribution in [-0.4, -0.2) is 43.6 Å². The lowest BCUT2D eigenvalue weighted by Crippen LogP contribution is -2.46. The van der Waals surface area contributed by atoms with Crippen LogP contribution in [0.3, 0.4) is 0 Å². The van der Waals surface area contributed by atoms with E-state index in [1.165, 1.54) is 9.87 Å². The van der Waals surface area contributed by atoms with Gasteiger partial charge in [-0.3, -0.25) is 0 Å². The smallest absolute Gasteiger partial charge is 0.279 e. The van der Waals surface area contributed by atoms with Gasteiger partial charge < -0.3 is 5.11 Å². The predicted molar refractivity (Wildman–Crippen MR) is 81.0 cm³/mol. The van der Waals surface area contributed by atoms with Crippen LogP contribution in [0.2, 0.25) is 0 Å². The SMILES string of the molecule is O=S(=O)(NC1CC1c1ccccc1)N1CCC(CO)CC1. The Kier molecular flexibility index (Phi) is 4.31. The van der Waals surface area contributed by atoms with E-state index in [4.69, 9.17) is 5.11 Å². The molecule has 2 fully saturated rings. The highest BCUT2D eigenvalue weighted by atomic mass is 32.2. The van der Waals surface area contributed by atoms with Crippen molar-refractivity contribution in [2.45, 2.75) is 31.2 Å². The number of nitrogens with one attached hydrogen (secondary N) is 1. The molecule has 6 heteroatoms. The lowest BCUT2D eigenvalue weighted by molar-refractivity contribution is 0.169. The number of piperidine rings is 1. The number of aliphatic hydroxyl groups excluding tert-OH is 1. The molecule has 0 amide bonds. The average molecular weight is 310 g/mol. The van der Waals surface area contributed by atoms with Gasteiger partial charge in [0.2, 0.25) is 0 Å². The van der Waals surface area contributed by atoms with Gasteiger partial charge in [0.15, 0.2) is 0 Å². The number of rotatable bonds is 5. The Labute approximate surface area is 126 Å². The Bertz CT molecular complexity index is 568. The van der Waals surface area contributed by atoms with Crippen molar-refractivity contribution in [1.29, 1.82) is 0 Å². The minimum absolute atomic E-state index is 0.0213. The van der Waals surface area contributed by atoms with E-state index in [0.29, 0.717) is 19.0 Å². The van der Waals surface area contributed by atoms with Gasteiger partial charge in [-0.25, -0.2) is 0 Å². The molecule has 1 aromatic rings. The molecule has 1 saturated heterocycles. The lowest BCUT2D eigenvalue weighted by Gasteiger charge is -2.30. The Morgan fingerprint density at radius 1 is 1.19 bits per heavy atom. The number of benzene rings is 1. The third kappa shape index (κ3) is 3.45. The summed E-state index contributed by atoms with van der Waals surface area (Å²) in [4.78, 5) is 0. The van der Waals surface area contributed by atoms with Crippen LogP contribution in [0.4, 0.5) is 0 Å². The third-order valence-corrected chi connectivity index (χ3v) is 6.14.